The third-order valence-electron chi connectivity index (χ3n) is 8.53. The Morgan fingerprint density at radius 3 is 2.28 bits per heavy atom. The van der Waals surface area contributed by atoms with Gasteiger partial charge in [-0.2, -0.15) is 0 Å². The van der Waals surface area contributed by atoms with Crippen molar-refractivity contribution in [3.8, 4) is 11.6 Å². The molecule has 0 aliphatic heterocycles. The monoisotopic (exact) mass is 606 g/mol. The van der Waals surface area contributed by atoms with Crippen LogP contribution in [0.25, 0.3) is 0 Å². The van der Waals surface area contributed by atoms with Crippen molar-refractivity contribution in [2.45, 2.75) is 98.3 Å². The molecule has 0 bridgehead atoms. The number of amides is 2. The second-order valence-electron chi connectivity index (χ2n) is 13.2. The van der Waals surface area contributed by atoms with Crippen molar-refractivity contribution >= 4 is 11.8 Å². The van der Waals surface area contributed by atoms with Gasteiger partial charge < -0.3 is 35.7 Å². The number of nitrogens with one attached hydrogen (secondary N) is 2. The van der Waals surface area contributed by atoms with Crippen LogP contribution in [-0.2, 0) is 20.7 Å². The van der Waals surface area contributed by atoms with Gasteiger partial charge in [-0.3, -0.25) is 9.59 Å². The molecule has 0 aromatic carbocycles. The van der Waals surface area contributed by atoms with Gasteiger partial charge >= 0.3 is 0 Å². The maximum atomic E-state index is 13.1. The van der Waals surface area contributed by atoms with E-state index in [1.54, 1.807) is 20.4 Å². The number of nitrogens with two attached hydrogens (primary N) is 1. The Morgan fingerprint density at radius 1 is 1.02 bits per heavy atom. The number of aromatic nitrogens is 1. The average molecular weight is 607 g/mol. The van der Waals surface area contributed by atoms with Gasteiger partial charge in [-0.05, 0) is 73.3 Å². The highest BCUT2D eigenvalue weighted by molar-refractivity contribution is 5.82. The molecule has 10 heteroatoms. The fourth-order valence-electron chi connectivity index (χ4n) is 5.14. The second kappa shape index (κ2) is 18.4. The average Bonchev–Trinajstić information content (AvgIpc) is 3.79. The molecule has 43 heavy (non-hydrogen) atoms. The molecule has 4 unspecified atom stereocenters. The smallest absolute Gasteiger partial charge is 0.256 e. The zero-order chi connectivity index (χ0) is 32.1. The highest BCUT2D eigenvalue weighted by Gasteiger charge is 2.34. The van der Waals surface area contributed by atoms with E-state index in [0.29, 0.717) is 50.1 Å². The first kappa shape index (κ1) is 36.8. The normalized spacial score (nSPS) is 17.0. The number of pyridine rings is 1. The third kappa shape index (κ3) is 12.6. The van der Waals surface area contributed by atoms with Crippen molar-refractivity contribution in [3.63, 3.8) is 0 Å². The largest absolute Gasteiger partial charge is 0.488 e. The van der Waals surface area contributed by atoms with Crippen LogP contribution in [0.4, 0.5) is 0 Å². The summed E-state index contributed by atoms with van der Waals surface area (Å²) in [5.41, 5.74) is 7.17. The van der Waals surface area contributed by atoms with Crippen LogP contribution in [0.1, 0.15) is 79.2 Å². The van der Waals surface area contributed by atoms with E-state index in [9.17, 15) is 14.7 Å². The van der Waals surface area contributed by atoms with Crippen molar-refractivity contribution in [2.75, 3.05) is 34.0 Å². The fourth-order valence-corrected chi connectivity index (χ4v) is 5.14. The van der Waals surface area contributed by atoms with E-state index in [1.807, 2.05) is 33.8 Å². The lowest BCUT2D eigenvalue weighted by Gasteiger charge is -2.33. The van der Waals surface area contributed by atoms with E-state index in [0.717, 1.165) is 24.8 Å². The predicted molar refractivity (Wildman–Crippen MR) is 169 cm³/mol. The molecule has 1 aromatic heterocycles. The van der Waals surface area contributed by atoms with E-state index in [1.165, 1.54) is 0 Å². The summed E-state index contributed by atoms with van der Waals surface area (Å²) in [6, 6.07) is 0.683. The number of hydrogen-bond donors (Lipinski definition) is 4. The highest BCUT2D eigenvalue weighted by Crippen LogP contribution is 2.31. The first-order valence-corrected chi connectivity index (χ1v) is 16.0. The van der Waals surface area contributed by atoms with Crippen LogP contribution in [0.2, 0.25) is 0 Å². The number of rotatable bonds is 21. The summed E-state index contributed by atoms with van der Waals surface area (Å²) < 4.78 is 16.5. The molecular formula is C33H58N4O6. The minimum Gasteiger partial charge on any atom is -0.488 e. The molecule has 246 valence electrons. The Hall–Kier alpha value is -2.43. The van der Waals surface area contributed by atoms with Gasteiger partial charge in [0.1, 0.15) is 0 Å². The van der Waals surface area contributed by atoms with Crippen molar-refractivity contribution in [2.24, 2.45) is 41.2 Å². The quantitative estimate of drug-likeness (QED) is 0.155. The van der Waals surface area contributed by atoms with Gasteiger partial charge in [0.05, 0.1) is 31.9 Å². The zero-order valence-electron chi connectivity index (χ0n) is 27.7. The van der Waals surface area contributed by atoms with Gasteiger partial charge in [0.15, 0.2) is 5.75 Å². The molecule has 2 amide bonds. The van der Waals surface area contributed by atoms with Crippen molar-refractivity contribution < 1.29 is 28.9 Å². The van der Waals surface area contributed by atoms with Crippen molar-refractivity contribution in [1.29, 1.82) is 0 Å². The Kier molecular flexibility index (Phi) is 15.7. The number of ether oxygens (including phenoxy) is 3. The molecule has 1 aliphatic rings. The Labute approximate surface area is 259 Å². The maximum absolute atomic E-state index is 13.1. The van der Waals surface area contributed by atoms with Crippen LogP contribution < -0.4 is 25.8 Å². The summed E-state index contributed by atoms with van der Waals surface area (Å²) in [7, 11) is 3.22. The van der Waals surface area contributed by atoms with E-state index in [-0.39, 0.29) is 47.8 Å². The van der Waals surface area contributed by atoms with Crippen LogP contribution >= 0.6 is 0 Å². The molecule has 10 nitrogen and oxygen atoms in total. The zero-order valence-corrected chi connectivity index (χ0v) is 27.7. The van der Waals surface area contributed by atoms with Gasteiger partial charge in [0.25, 0.3) is 5.88 Å². The molecule has 0 radical (unpaired) electrons. The SMILES string of the molecule is COCCCOc1cc(CC(CC(NC(=O)[C@@H](N)C(C)C)C(O)CC(C(=O)NCC2CC2)C(C)C)C(C)C)cnc1OC. The van der Waals surface area contributed by atoms with E-state index in [2.05, 4.69) is 29.5 Å². The number of hydrogen-bond acceptors (Lipinski definition) is 8. The lowest BCUT2D eigenvalue weighted by Crippen LogP contribution is -2.53. The maximum Gasteiger partial charge on any atom is 0.256 e. The first-order chi connectivity index (χ1) is 20.4. The summed E-state index contributed by atoms with van der Waals surface area (Å²) in [5, 5.41) is 17.7. The Bertz CT molecular complexity index is 984. The van der Waals surface area contributed by atoms with Crippen LogP contribution in [0.15, 0.2) is 12.3 Å². The lowest BCUT2D eigenvalue weighted by atomic mass is 9.80. The summed E-state index contributed by atoms with van der Waals surface area (Å²) in [5.74, 6) is 1.18. The van der Waals surface area contributed by atoms with Gasteiger partial charge in [-0.1, -0.05) is 41.5 Å². The van der Waals surface area contributed by atoms with E-state index >= 15 is 0 Å². The molecule has 1 saturated carbocycles. The summed E-state index contributed by atoms with van der Waals surface area (Å²) >= 11 is 0. The summed E-state index contributed by atoms with van der Waals surface area (Å²) in [6.07, 6.45) is 5.35. The van der Waals surface area contributed by atoms with Crippen LogP contribution in [-0.4, -0.2) is 74.1 Å². The molecular weight excluding hydrogens is 548 g/mol. The Balaban J connectivity index is 2.25. The molecule has 1 fully saturated rings. The van der Waals surface area contributed by atoms with Crippen molar-refractivity contribution in [1.82, 2.24) is 15.6 Å². The predicted octanol–water partition coefficient (Wildman–Crippen LogP) is 3.73. The van der Waals surface area contributed by atoms with E-state index in [4.69, 9.17) is 19.9 Å². The summed E-state index contributed by atoms with van der Waals surface area (Å²) in [6.45, 7) is 13.8. The molecule has 1 aromatic rings. The topological polar surface area (TPSA) is 145 Å². The van der Waals surface area contributed by atoms with Gasteiger partial charge in [0, 0.05) is 38.8 Å². The van der Waals surface area contributed by atoms with Crippen LogP contribution in [0, 0.1) is 35.5 Å². The number of carbonyl (C=O) groups excluding carboxylic acids is 2. The molecule has 5 N–H and O–H groups in total. The fraction of sp³-hybridized carbons (Fsp3) is 0.788. The molecule has 2 rings (SSSR count). The number of methoxy groups -OCH3 is 2. The van der Waals surface area contributed by atoms with Crippen LogP contribution in [0.5, 0.6) is 11.6 Å². The van der Waals surface area contributed by atoms with Gasteiger partial charge in [0.2, 0.25) is 11.8 Å². The minimum absolute atomic E-state index is 0.0346. The number of aliphatic hydroxyl groups excluding tert-OH is 1. The standard InChI is InChI=1S/C33H58N4O6/c1-20(2)25(14-24-15-29(33(42-8)36-19-24)43-13-9-12-41-7)16-27(37-32(40)30(34)22(5)6)28(38)17-26(21(3)4)31(39)35-18-23-10-11-23/h15,19-23,25-28,30,38H,9-14,16-18,34H2,1-8H3,(H,35,39)(H,37,40)/t25?,26?,27?,28?,30-/m0/s1. The molecule has 5 atom stereocenters. The molecule has 1 aliphatic carbocycles. The highest BCUT2D eigenvalue weighted by atomic mass is 16.5. The number of aliphatic hydroxyl groups is 1. The van der Waals surface area contributed by atoms with Gasteiger partial charge in [-0.15, -0.1) is 0 Å². The molecule has 1 heterocycles. The second-order valence-corrected chi connectivity index (χ2v) is 13.2. The van der Waals surface area contributed by atoms with Gasteiger partial charge in [-0.25, -0.2) is 4.98 Å². The van der Waals surface area contributed by atoms with Crippen LogP contribution in [0.3, 0.4) is 0 Å². The minimum atomic E-state index is -0.919. The van der Waals surface area contributed by atoms with Crippen molar-refractivity contribution in [3.05, 3.63) is 17.8 Å². The molecule has 0 spiro atoms. The number of carbonyl (C=O) groups is 2. The first-order valence-electron chi connectivity index (χ1n) is 16.0. The third-order valence-corrected chi connectivity index (χ3v) is 8.53. The number of nitrogens with zero attached hydrogens (tertiary/aromatic N) is 1. The van der Waals surface area contributed by atoms with E-state index < -0.39 is 18.2 Å². The lowest BCUT2D eigenvalue weighted by molar-refractivity contribution is -0.128. The summed E-state index contributed by atoms with van der Waals surface area (Å²) in [4.78, 5) is 30.7. The Morgan fingerprint density at radius 2 is 1.72 bits per heavy atom. The molecule has 0 saturated heterocycles.